The van der Waals surface area contributed by atoms with Gasteiger partial charge in [0, 0.05) is 32.4 Å². The van der Waals surface area contributed by atoms with Crippen molar-refractivity contribution in [1.82, 2.24) is 10.2 Å². The first-order chi connectivity index (χ1) is 12.3. The van der Waals surface area contributed by atoms with Crippen LogP contribution in [0.5, 0.6) is 0 Å². The molecule has 0 saturated heterocycles. The average molecular weight is 360 g/mol. The minimum absolute atomic E-state index is 0.00374. The summed E-state index contributed by atoms with van der Waals surface area (Å²) in [5.41, 5.74) is 2.16. The van der Waals surface area contributed by atoms with Gasteiger partial charge in [-0.1, -0.05) is 45.0 Å². The number of carbonyl (C=O) groups excluding carboxylic acids is 2. The zero-order chi connectivity index (χ0) is 19.3. The van der Waals surface area contributed by atoms with E-state index in [9.17, 15) is 14.4 Å². The SMILES string of the molecule is CC(C)CC(=O)N1Cc2ccccc2CC1C(=O)NCC(C)CC(=O)O. The molecule has 0 spiro atoms. The molecule has 6 nitrogen and oxygen atoms in total. The first-order valence-corrected chi connectivity index (χ1v) is 9.13. The van der Waals surface area contributed by atoms with Gasteiger partial charge in [0.15, 0.2) is 0 Å². The molecular formula is C20H28N2O4. The quantitative estimate of drug-likeness (QED) is 0.780. The molecule has 142 valence electrons. The molecule has 1 aliphatic heterocycles. The van der Waals surface area contributed by atoms with Crippen LogP contribution in [0.1, 0.15) is 44.7 Å². The number of fused-ring (bicyclic) bond motifs is 1. The molecule has 1 aromatic carbocycles. The molecule has 2 rings (SSSR count). The van der Waals surface area contributed by atoms with Crippen molar-refractivity contribution in [3.8, 4) is 0 Å². The van der Waals surface area contributed by atoms with E-state index in [0.29, 0.717) is 19.4 Å². The first kappa shape index (κ1) is 19.9. The molecule has 2 amide bonds. The summed E-state index contributed by atoms with van der Waals surface area (Å²) in [6.45, 7) is 6.48. The maximum absolute atomic E-state index is 12.7. The number of nitrogens with one attached hydrogen (secondary N) is 1. The summed E-state index contributed by atoms with van der Waals surface area (Å²) in [4.78, 5) is 37.9. The third-order valence-corrected chi connectivity index (χ3v) is 4.60. The average Bonchev–Trinajstić information content (AvgIpc) is 2.57. The van der Waals surface area contributed by atoms with Crippen LogP contribution < -0.4 is 5.32 Å². The van der Waals surface area contributed by atoms with Crippen molar-refractivity contribution in [3.05, 3.63) is 35.4 Å². The molecule has 1 heterocycles. The highest BCUT2D eigenvalue weighted by molar-refractivity contribution is 5.88. The van der Waals surface area contributed by atoms with E-state index >= 15 is 0 Å². The zero-order valence-electron chi connectivity index (χ0n) is 15.7. The Morgan fingerprint density at radius 1 is 1.15 bits per heavy atom. The van der Waals surface area contributed by atoms with Gasteiger partial charge in [-0.15, -0.1) is 0 Å². The Morgan fingerprint density at radius 2 is 1.81 bits per heavy atom. The van der Waals surface area contributed by atoms with Gasteiger partial charge >= 0.3 is 5.97 Å². The first-order valence-electron chi connectivity index (χ1n) is 9.13. The Morgan fingerprint density at radius 3 is 2.42 bits per heavy atom. The van der Waals surface area contributed by atoms with Gasteiger partial charge in [-0.3, -0.25) is 14.4 Å². The summed E-state index contributed by atoms with van der Waals surface area (Å²) in [5.74, 6) is -1.06. The van der Waals surface area contributed by atoms with E-state index in [1.807, 2.05) is 38.1 Å². The van der Waals surface area contributed by atoms with Crippen molar-refractivity contribution >= 4 is 17.8 Å². The largest absolute Gasteiger partial charge is 0.481 e. The lowest BCUT2D eigenvalue weighted by molar-refractivity contribution is -0.142. The standard InChI is InChI=1S/C20H28N2O4/c1-13(2)8-18(23)22-12-16-7-5-4-6-15(16)10-17(22)20(26)21-11-14(3)9-19(24)25/h4-7,13-14,17H,8-12H2,1-3H3,(H,21,26)(H,24,25). The predicted octanol–water partition coefficient (Wildman–Crippen LogP) is 2.21. The van der Waals surface area contributed by atoms with E-state index in [4.69, 9.17) is 5.11 Å². The van der Waals surface area contributed by atoms with Crippen molar-refractivity contribution in [2.24, 2.45) is 11.8 Å². The number of benzene rings is 1. The third kappa shape index (κ3) is 5.31. The van der Waals surface area contributed by atoms with Crippen LogP contribution in [0.15, 0.2) is 24.3 Å². The topological polar surface area (TPSA) is 86.7 Å². The smallest absolute Gasteiger partial charge is 0.303 e. The second kappa shape index (κ2) is 8.83. The van der Waals surface area contributed by atoms with Crippen LogP contribution in [0, 0.1) is 11.8 Å². The number of nitrogens with zero attached hydrogens (tertiary/aromatic N) is 1. The van der Waals surface area contributed by atoms with Crippen molar-refractivity contribution in [3.63, 3.8) is 0 Å². The number of carbonyl (C=O) groups is 3. The number of hydrogen-bond donors (Lipinski definition) is 2. The fourth-order valence-corrected chi connectivity index (χ4v) is 3.25. The van der Waals surface area contributed by atoms with E-state index in [1.54, 1.807) is 11.8 Å². The van der Waals surface area contributed by atoms with Gasteiger partial charge in [-0.05, 0) is 23.0 Å². The van der Waals surface area contributed by atoms with Crippen LogP contribution in [-0.4, -0.2) is 40.4 Å². The lowest BCUT2D eigenvalue weighted by atomic mass is 9.92. The molecule has 2 atom stereocenters. The summed E-state index contributed by atoms with van der Waals surface area (Å²) in [6.07, 6.45) is 0.893. The summed E-state index contributed by atoms with van der Waals surface area (Å²) in [6, 6.07) is 7.32. The molecule has 6 heteroatoms. The second-order valence-corrected chi connectivity index (χ2v) is 7.56. The molecule has 0 saturated carbocycles. The van der Waals surface area contributed by atoms with Gasteiger partial charge in [0.25, 0.3) is 0 Å². The molecule has 2 N–H and O–H groups in total. The lowest BCUT2D eigenvalue weighted by Crippen LogP contribution is -2.53. The fourth-order valence-electron chi connectivity index (χ4n) is 3.25. The highest BCUT2D eigenvalue weighted by Crippen LogP contribution is 2.25. The van der Waals surface area contributed by atoms with Crippen LogP contribution in [0.3, 0.4) is 0 Å². The summed E-state index contributed by atoms with van der Waals surface area (Å²) >= 11 is 0. The maximum Gasteiger partial charge on any atom is 0.303 e. The molecule has 1 aromatic rings. The Balaban J connectivity index is 2.12. The fraction of sp³-hybridized carbons (Fsp3) is 0.550. The van der Waals surface area contributed by atoms with Crippen molar-refractivity contribution in [2.75, 3.05) is 6.54 Å². The molecule has 0 aliphatic carbocycles. The van der Waals surface area contributed by atoms with Gasteiger partial charge in [-0.2, -0.15) is 0 Å². The van der Waals surface area contributed by atoms with Gasteiger partial charge < -0.3 is 15.3 Å². The van der Waals surface area contributed by atoms with E-state index < -0.39 is 12.0 Å². The maximum atomic E-state index is 12.7. The van der Waals surface area contributed by atoms with Crippen LogP contribution in [0.2, 0.25) is 0 Å². The zero-order valence-corrected chi connectivity index (χ0v) is 15.7. The van der Waals surface area contributed by atoms with Crippen molar-refractivity contribution in [1.29, 1.82) is 0 Å². The van der Waals surface area contributed by atoms with Crippen LogP contribution in [0.4, 0.5) is 0 Å². The molecule has 0 radical (unpaired) electrons. The van der Waals surface area contributed by atoms with Crippen LogP contribution in [0.25, 0.3) is 0 Å². The Labute approximate surface area is 154 Å². The van der Waals surface area contributed by atoms with E-state index in [-0.39, 0.29) is 36.6 Å². The molecule has 2 unspecified atom stereocenters. The minimum atomic E-state index is -0.882. The third-order valence-electron chi connectivity index (χ3n) is 4.60. The van der Waals surface area contributed by atoms with E-state index in [1.165, 1.54) is 0 Å². The van der Waals surface area contributed by atoms with Gasteiger partial charge in [0.2, 0.25) is 11.8 Å². The van der Waals surface area contributed by atoms with Crippen LogP contribution >= 0.6 is 0 Å². The predicted molar refractivity (Wildman–Crippen MR) is 98.4 cm³/mol. The number of hydrogen-bond acceptors (Lipinski definition) is 3. The van der Waals surface area contributed by atoms with Gasteiger partial charge in [0.1, 0.15) is 6.04 Å². The molecule has 0 bridgehead atoms. The summed E-state index contributed by atoms with van der Waals surface area (Å²) in [7, 11) is 0. The number of amides is 2. The molecule has 0 fully saturated rings. The molecular weight excluding hydrogens is 332 g/mol. The molecule has 1 aliphatic rings. The number of aliphatic carboxylic acids is 1. The van der Waals surface area contributed by atoms with E-state index in [0.717, 1.165) is 11.1 Å². The van der Waals surface area contributed by atoms with Crippen molar-refractivity contribution in [2.45, 2.75) is 52.6 Å². The van der Waals surface area contributed by atoms with Crippen molar-refractivity contribution < 1.29 is 19.5 Å². The highest BCUT2D eigenvalue weighted by atomic mass is 16.4. The van der Waals surface area contributed by atoms with Crippen LogP contribution in [-0.2, 0) is 27.3 Å². The second-order valence-electron chi connectivity index (χ2n) is 7.56. The summed E-state index contributed by atoms with van der Waals surface area (Å²) < 4.78 is 0. The Kier molecular flexibility index (Phi) is 6.77. The molecule has 0 aromatic heterocycles. The number of rotatable bonds is 7. The number of carboxylic acid groups (broad SMARTS) is 1. The van der Waals surface area contributed by atoms with E-state index in [2.05, 4.69) is 5.32 Å². The highest BCUT2D eigenvalue weighted by Gasteiger charge is 2.34. The summed E-state index contributed by atoms with van der Waals surface area (Å²) in [5, 5.41) is 11.7. The lowest BCUT2D eigenvalue weighted by Gasteiger charge is -2.36. The Bertz CT molecular complexity index is 672. The Hall–Kier alpha value is -2.37. The minimum Gasteiger partial charge on any atom is -0.481 e. The number of carboxylic acids is 1. The normalized spacial score (nSPS) is 17.5. The monoisotopic (exact) mass is 360 g/mol. The van der Waals surface area contributed by atoms with Gasteiger partial charge in [0.05, 0.1) is 0 Å². The van der Waals surface area contributed by atoms with Gasteiger partial charge in [-0.25, -0.2) is 0 Å². The molecule has 26 heavy (non-hydrogen) atoms.